The van der Waals surface area contributed by atoms with E-state index in [2.05, 4.69) is 43.8 Å². The topological polar surface area (TPSA) is 0 Å². The highest BCUT2D eigenvalue weighted by atomic mass is 14.1. The Kier molecular flexibility index (Phi) is 3.87. The van der Waals surface area contributed by atoms with Gasteiger partial charge in [-0.1, -0.05) is 73.5 Å². The lowest BCUT2D eigenvalue weighted by Crippen LogP contribution is -2.24. The van der Waals surface area contributed by atoms with Gasteiger partial charge in [0.2, 0.25) is 0 Å². The predicted octanol–water partition coefficient (Wildman–Crippen LogP) is 4.25. The van der Waals surface area contributed by atoms with Crippen molar-refractivity contribution in [3.8, 4) is 0 Å². The summed E-state index contributed by atoms with van der Waals surface area (Å²) in [6.45, 7) is 7.17. The van der Waals surface area contributed by atoms with Crippen LogP contribution < -0.4 is 0 Å². The van der Waals surface area contributed by atoms with E-state index in [-0.39, 0.29) is 0 Å². The van der Waals surface area contributed by atoms with Crippen molar-refractivity contribution in [3.05, 3.63) is 48.0 Å². The maximum atomic E-state index is 4.09. The van der Waals surface area contributed by atoms with Crippen LogP contribution in [0.3, 0.4) is 0 Å². The molecule has 0 amide bonds. The second-order valence-corrected chi connectivity index (χ2v) is 5.25. The molecule has 0 nitrogen and oxygen atoms in total. The van der Waals surface area contributed by atoms with Crippen molar-refractivity contribution >= 4 is 6.71 Å². The van der Waals surface area contributed by atoms with Crippen LogP contribution in [0.2, 0.25) is 12.6 Å². The van der Waals surface area contributed by atoms with Gasteiger partial charge in [0.1, 0.15) is 6.71 Å². The molecule has 0 saturated carbocycles. The molecular weight excluding hydrogens is 191 g/mol. The standard InChI is InChI=1S/C15H21B/c1-13(2)15-8-10-16(11-9-15)12-14-6-4-3-5-7-14/h3-7,15H,1,8-12H2,2H3. The van der Waals surface area contributed by atoms with Crippen molar-refractivity contribution in [1.29, 1.82) is 0 Å². The van der Waals surface area contributed by atoms with Gasteiger partial charge in [0, 0.05) is 0 Å². The number of allylic oxidation sites excluding steroid dienone is 1. The zero-order valence-electron chi connectivity index (χ0n) is 10.3. The van der Waals surface area contributed by atoms with Crippen LogP contribution in [-0.2, 0) is 6.32 Å². The van der Waals surface area contributed by atoms with Crippen molar-refractivity contribution in [1.82, 2.24) is 0 Å². The Morgan fingerprint density at radius 1 is 1.25 bits per heavy atom. The van der Waals surface area contributed by atoms with E-state index >= 15 is 0 Å². The van der Waals surface area contributed by atoms with Gasteiger partial charge in [-0.2, -0.15) is 0 Å². The third-order valence-corrected chi connectivity index (χ3v) is 3.91. The van der Waals surface area contributed by atoms with E-state index in [1.54, 1.807) is 0 Å². The van der Waals surface area contributed by atoms with Crippen LogP contribution in [0, 0.1) is 5.92 Å². The van der Waals surface area contributed by atoms with E-state index < -0.39 is 0 Å². The highest BCUT2D eigenvalue weighted by molar-refractivity contribution is 6.58. The first kappa shape index (κ1) is 11.5. The molecule has 0 atom stereocenters. The second-order valence-electron chi connectivity index (χ2n) is 5.25. The van der Waals surface area contributed by atoms with Gasteiger partial charge in [0.15, 0.2) is 0 Å². The van der Waals surface area contributed by atoms with Gasteiger partial charge in [-0.05, 0) is 19.2 Å². The molecule has 0 unspecified atom stereocenters. The lowest BCUT2D eigenvalue weighted by atomic mass is 9.37. The van der Waals surface area contributed by atoms with E-state index in [1.807, 2.05) is 0 Å². The van der Waals surface area contributed by atoms with Crippen LogP contribution in [0.25, 0.3) is 0 Å². The van der Waals surface area contributed by atoms with Crippen LogP contribution in [0.1, 0.15) is 25.3 Å². The largest absolute Gasteiger partial charge is 0.144 e. The monoisotopic (exact) mass is 212 g/mol. The van der Waals surface area contributed by atoms with Crippen LogP contribution in [0.5, 0.6) is 0 Å². The molecule has 1 aromatic carbocycles. The quantitative estimate of drug-likeness (QED) is 0.519. The van der Waals surface area contributed by atoms with Crippen molar-refractivity contribution in [3.63, 3.8) is 0 Å². The summed E-state index contributed by atoms with van der Waals surface area (Å²) >= 11 is 0. The summed E-state index contributed by atoms with van der Waals surface area (Å²) in [5.41, 5.74) is 2.89. The Bertz CT molecular complexity index is 334. The first-order chi connectivity index (χ1) is 7.75. The highest BCUT2D eigenvalue weighted by Crippen LogP contribution is 2.30. The zero-order chi connectivity index (χ0) is 11.4. The fraction of sp³-hybridized carbons (Fsp3) is 0.467. The van der Waals surface area contributed by atoms with E-state index in [0.717, 1.165) is 12.6 Å². The van der Waals surface area contributed by atoms with Crippen molar-refractivity contribution in [2.75, 3.05) is 0 Å². The van der Waals surface area contributed by atoms with Gasteiger partial charge in [0.25, 0.3) is 0 Å². The fourth-order valence-electron chi connectivity index (χ4n) is 2.81. The molecule has 0 radical (unpaired) electrons. The molecule has 1 fully saturated rings. The van der Waals surface area contributed by atoms with Crippen LogP contribution >= 0.6 is 0 Å². The molecule has 1 saturated heterocycles. The molecule has 0 N–H and O–H groups in total. The van der Waals surface area contributed by atoms with E-state index in [0.29, 0.717) is 0 Å². The number of rotatable bonds is 3. The molecule has 1 aromatic rings. The third-order valence-electron chi connectivity index (χ3n) is 3.91. The van der Waals surface area contributed by atoms with Crippen molar-refractivity contribution in [2.45, 2.75) is 38.7 Å². The summed E-state index contributed by atoms with van der Waals surface area (Å²) in [6.07, 6.45) is 6.74. The molecule has 0 aliphatic carbocycles. The Labute approximate surface area is 99.8 Å². The van der Waals surface area contributed by atoms with Gasteiger partial charge >= 0.3 is 0 Å². The Hall–Kier alpha value is -0.975. The van der Waals surface area contributed by atoms with Crippen molar-refractivity contribution in [2.24, 2.45) is 5.92 Å². The summed E-state index contributed by atoms with van der Waals surface area (Å²) in [6, 6.07) is 10.9. The average Bonchev–Trinajstić information content (AvgIpc) is 2.31. The molecule has 1 aliphatic heterocycles. The first-order valence-corrected chi connectivity index (χ1v) is 6.45. The third kappa shape index (κ3) is 3.01. The van der Waals surface area contributed by atoms with E-state index in [9.17, 15) is 0 Å². The highest BCUT2D eigenvalue weighted by Gasteiger charge is 2.23. The summed E-state index contributed by atoms with van der Waals surface area (Å²) in [7, 11) is 0. The normalized spacial score (nSPS) is 17.4. The lowest BCUT2D eigenvalue weighted by Gasteiger charge is -2.26. The zero-order valence-corrected chi connectivity index (χ0v) is 10.3. The molecule has 0 spiro atoms. The summed E-state index contributed by atoms with van der Waals surface area (Å²) < 4.78 is 0. The number of hydrogen-bond acceptors (Lipinski definition) is 0. The smallest absolute Gasteiger partial charge is 0.0999 e. The van der Waals surface area contributed by atoms with Gasteiger partial charge in [0.05, 0.1) is 0 Å². The van der Waals surface area contributed by atoms with Gasteiger partial charge in [-0.25, -0.2) is 0 Å². The minimum Gasteiger partial charge on any atom is -0.0999 e. The lowest BCUT2D eigenvalue weighted by molar-refractivity contribution is 0.544. The number of benzene rings is 1. The molecule has 1 heteroatoms. The second kappa shape index (κ2) is 5.38. The summed E-state index contributed by atoms with van der Waals surface area (Å²) in [5.74, 6) is 0.798. The molecule has 0 bridgehead atoms. The average molecular weight is 212 g/mol. The molecule has 1 heterocycles. The van der Waals surface area contributed by atoms with Crippen molar-refractivity contribution < 1.29 is 0 Å². The first-order valence-electron chi connectivity index (χ1n) is 6.45. The maximum absolute atomic E-state index is 4.09. The minimum absolute atomic E-state index is 0.798. The molecular formula is C15H21B. The maximum Gasteiger partial charge on any atom is 0.144 e. The summed E-state index contributed by atoms with van der Waals surface area (Å²) in [4.78, 5) is 0. The Morgan fingerprint density at radius 3 is 2.44 bits per heavy atom. The Morgan fingerprint density at radius 2 is 1.88 bits per heavy atom. The van der Waals surface area contributed by atoms with Crippen LogP contribution in [0.4, 0.5) is 0 Å². The molecule has 16 heavy (non-hydrogen) atoms. The Balaban J connectivity index is 1.84. The minimum atomic E-state index is 0.798. The molecule has 84 valence electrons. The number of hydrogen-bond donors (Lipinski definition) is 0. The van der Waals surface area contributed by atoms with Crippen LogP contribution in [0.15, 0.2) is 42.5 Å². The summed E-state index contributed by atoms with van der Waals surface area (Å²) in [5, 5.41) is 0. The van der Waals surface area contributed by atoms with Gasteiger partial charge < -0.3 is 0 Å². The van der Waals surface area contributed by atoms with E-state index in [4.69, 9.17) is 0 Å². The molecule has 2 rings (SSSR count). The predicted molar refractivity (Wildman–Crippen MR) is 73.1 cm³/mol. The SMILES string of the molecule is C=C(C)C1CCB(Cc2ccccc2)CC1. The fourth-order valence-corrected chi connectivity index (χ4v) is 2.81. The van der Waals surface area contributed by atoms with Gasteiger partial charge in [-0.3, -0.25) is 0 Å². The van der Waals surface area contributed by atoms with E-state index in [1.165, 1.54) is 42.9 Å². The van der Waals surface area contributed by atoms with Crippen LogP contribution in [-0.4, -0.2) is 6.71 Å². The molecule has 0 aromatic heterocycles. The van der Waals surface area contributed by atoms with Gasteiger partial charge in [-0.15, -0.1) is 0 Å². The molecule has 1 aliphatic rings.